The Balaban J connectivity index is 1.60. The lowest BCUT2D eigenvalue weighted by molar-refractivity contribution is 0.171. The zero-order valence-electron chi connectivity index (χ0n) is 13.2. The zero-order valence-corrected chi connectivity index (χ0v) is 13.2. The number of nitrogens with zero attached hydrogens (tertiary/aromatic N) is 2. The molecule has 2 aliphatic heterocycles. The van der Waals surface area contributed by atoms with Crippen molar-refractivity contribution in [3.8, 4) is 11.5 Å². The molecule has 2 amide bonds. The van der Waals surface area contributed by atoms with E-state index in [1.165, 1.54) is 0 Å². The van der Waals surface area contributed by atoms with Crippen LogP contribution >= 0.6 is 0 Å². The second-order valence-corrected chi connectivity index (χ2v) is 5.91. The lowest BCUT2D eigenvalue weighted by Crippen LogP contribution is -2.52. The molecule has 2 aliphatic rings. The zero-order chi connectivity index (χ0) is 15.5. The minimum Gasteiger partial charge on any atom is -0.486 e. The Labute approximate surface area is 131 Å². The average molecular weight is 305 g/mol. The summed E-state index contributed by atoms with van der Waals surface area (Å²) in [5.74, 6) is 1.62. The molecule has 6 heteroatoms. The second-order valence-electron chi connectivity index (χ2n) is 5.91. The predicted molar refractivity (Wildman–Crippen MR) is 84.9 cm³/mol. The van der Waals surface area contributed by atoms with Gasteiger partial charge in [-0.15, -0.1) is 0 Å². The van der Waals surface area contributed by atoms with Gasteiger partial charge in [0, 0.05) is 44.0 Å². The highest BCUT2D eigenvalue weighted by Gasteiger charge is 2.22. The van der Waals surface area contributed by atoms with E-state index in [-0.39, 0.29) is 12.1 Å². The molecular formula is C16H23N3O3. The van der Waals surface area contributed by atoms with Gasteiger partial charge in [0.05, 0.1) is 0 Å². The summed E-state index contributed by atoms with van der Waals surface area (Å²) >= 11 is 0. The molecule has 1 saturated heterocycles. The van der Waals surface area contributed by atoms with E-state index in [4.69, 9.17) is 9.47 Å². The summed E-state index contributed by atoms with van der Waals surface area (Å²) in [6.07, 6.45) is 0. The molecule has 0 unspecified atom stereocenters. The number of rotatable bonds is 2. The average Bonchev–Trinajstić information content (AvgIpc) is 2.54. The first-order valence-electron chi connectivity index (χ1n) is 7.83. The summed E-state index contributed by atoms with van der Waals surface area (Å²) in [6, 6.07) is 6.23. The number of anilines is 1. The second kappa shape index (κ2) is 6.34. The van der Waals surface area contributed by atoms with E-state index in [0.717, 1.165) is 43.4 Å². The normalized spacial score (nSPS) is 17.6. The molecule has 1 aromatic rings. The Kier molecular flexibility index (Phi) is 4.27. The van der Waals surface area contributed by atoms with Gasteiger partial charge in [-0.2, -0.15) is 0 Å². The molecule has 6 nitrogen and oxygen atoms in total. The van der Waals surface area contributed by atoms with Crippen LogP contribution in [-0.2, 0) is 0 Å². The number of benzene rings is 1. The molecule has 1 fully saturated rings. The van der Waals surface area contributed by atoms with Crippen LogP contribution < -0.4 is 19.7 Å². The van der Waals surface area contributed by atoms with Crippen molar-refractivity contribution in [3.05, 3.63) is 18.2 Å². The lowest BCUT2D eigenvalue weighted by Gasteiger charge is -2.36. The molecule has 2 heterocycles. The molecule has 0 atom stereocenters. The van der Waals surface area contributed by atoms with Crippen molar-refractivity contribution >= 4 is 11.7 Å². The summed E-state index contributed by atoms with van der Waals surface area (Å²) in [5.41, 5.74) is 1.12. The van der Waals surface area contributed by atoms with Crippen LogP contribution in [0, 0.1) is 0 Å². The highest BCUT2D eigenvalue weighted by molar-refractivity contribution is 5.74. The summed E-state index contributed by atoms with van der Waals surface area (Å²) in [7, 11) is 0. The van der Waals surface area contributed by atoms with Gasteiger partial charge in [0.2, 0.25) is 0 Å². The number of ether oxygens (including phenoxy) is 2. The van der Waals surface area contributed by atoms with Gasteiger partial charge in [-0.25, -0.2) is 4.79 Å². The summed E-state index contributed by atoms with van der Waals surface area (Å²) in [5, 5.41) is 2.94. The molecule has 0 radical (unpaired) electrons. The van der Waals surface area contributed by atoms with Crippen molar-refractivity contribution in [3.63, 3.8) is 0 Å². The van der Waals surface area contributed by atoms with E-state index in [0.29, 0.717) is 13.2 Å². The van der Waals surface area contributed by atoms with Gasteiger partial charge in [-0.1, -0.05) is 0 Å². The van der Waals surface area contributed by atoms with E-state index in [1.807, 2.05) is 30.9 Å². The smallest absolute Gasteiger partial charge is 0.317 e. The molecule has 0 spiro atoms. The minimum absolute atomic E-state index is 0.0248. The van der Waals surface area contributed by atoms with Crippen molar-refractivity contribution in [2.45, 2.75) is 19.9 Å². The van der Waals surface area contributed by atoms with Crippen LogP contribution in [0.2, 0.25) is 0 Å². The standard InChI is InChI=1S/C16H23N3O3/c1-12(2)17-16(20)19-7-5-18(6-8-19)13-3-4-14-15(11-13)22-10-9-21-14/h3-4,11-12H,5-10H2,1-2H3,(H,17,20). The third-order valence-corrected chi connectivity index (χ3v) is 3.87. The number of carbonyl (C=O) groups excluding carboxylic acids is 1. The molecule has 0 aromatic heterocycles. The molecule has 0 bridgehead atoms. The SMILES string of the molecule is CC(C)NC(=O)N1CCN(c2ccc3c(c2)OCCO3)CC1. The van der Waals surface area contributed by atoms with E-state index in [1.54, 1.807) is 0 Å². The third kappa shape index (κ3) is 3.21. The number of amides is 2. The Morgan fingerprint density at radius 2 is 1.77 bits per heavy atom. The first kappa shape index (κ1) is 14.8. The van der Waals surface area contributed by atoms with Crippen molar-refractivity contribution in [1.29, 1.82) is 0 Å². The molecule has 120 valence electrons. The van der Waals surface area contributed by atoms with Crippen LogP contribution in [0.25, 0.3) is 0 Å². The van der Waals surface area contributed by atoms with Crippen LogP contribution in [0.5, 0.6) is 11.5 Å². The van der Waals surface area contributed by atoms with Gasteiger partial charge in [-0.05, 0) is 26.0 Å². The van der Waals surface area contributed by atoms with Gasteiger partial charge < -0.3 is 24.6 Å². The van der Waals surface area contributed by atoms with Gasteiger partial charge >= 0.3 is 6.03 Å². The number of fused-ring (bicyclic) bond motifs is 1. The number of hydrogen-bond donors (Lipinski definition) is 1. The van der Waals surface area contributed by atoms with Gasteiger partial charge in [0.15, 0.2) is 11.5 Å². The maximum atomic E-state index is 12.0. The summed E-state index contributed by atoms with van der Waals surface area (Å²) in [4.78, 5) is 16.1. The molecule has 1 N–H and O–H groups in total. The molecule has 1 aromatic carbocycles. The molecule has 0 saturated carbocycles. The fourth-order valence-corrected chi connectivity index (χ4v) is 2.73. The number of piperazine rings is 1. The fourth-order valence-electron chi connectivity index (χ4n) is 2.73. The maximum Gasteiger partial charge on any atom is 0.317 e. The highest BCUT2D eigenvalue weighted by atomic mass is 16.6. The van der Waals surface area contributed by atoms with Crippen molar-refractivity contribution < 1.29 is 14.3 Å². The molecule has 0 aliphatic carbocycles. The summed E-state index contributed by atoms with van der Waals surface area (Å²) in [6.45, 7) is 8.26. The minimum atomic E-state index is 0.0248. The quantitative estimate of drug-likeness (QED) is 0.903. The van der Waals surface area contributed by atoms with Crippen molar-refractivity contribution in [2.75, 3.05) is 44.3 Å². The summed E-state index contributed by atoms with van der Waals surface area (Å²) < 4.78 is 11.2. The van der Waals surface area contributed by atoms with E-state index < -0.39 is 0 Å². The van der Waals surface area contributed by atoms with Gasteiger partial charge in [-0.3, -0.25) is 0 Å². The Morgan fingerprint density at radius 1 is 1.09 bits per heavy atom. The largest absolute Gasteiger partial charge is 0.486 e. The monoisotopic (exact) mass is 305 g/mol. The van der Waals surface area contributed by atoms with Gasteiger partial charge in [0.25, 0.3) is 0 Å². The Bertz CT molecular complexity index is 539. The van der Waals surface area contributed by atoms with Crippen LogP contribution in [0.3, 0.4) is 0 Å². The first-order valence-corrected chi connectivity index (χ1v) is 7.83. The number of urea groups is 1. The topological polar surface area (TPSA) is 54.0 Å². The Hall–Kier alpha value is -2.11. The van der Waals surface area contributed by atoms with E-state index in [2.05, 4.69) is 16.3 Å². The lowest BCUT2D eigenvalue weighted by atomic mass is 10.2. The highest BCUT2D eigenvalue weighted by Crippen LogP contribution is 2.34. The van der Waals surface area contributed by atoms with Gasteiger partial charge in [0.1, 0.15) is 13.2 Å². The molecule has 22 heavy (non-hydrogen) atoms. The predicted octanol–water partition coefficient (Wildman–Crippen LogP) is 1.70. The van der Waals surface area contributed by atoms with E-state index in [9.17, 15) is 4.79 Å². The number of nitrogens with one attached hydrogen (secondary N) is 1. The number of hydrogen-bond acceptors (Lipinski definition) is 4. The van der Waals surface area contributed by atoms with Crippen molar-refractivity contribution in [2.24, 2.45) is 0 Å². The van der Waals surface area contributed by atoms with Crippen LogP contribution in [0.4, 0.5) is 10.5 Å². The molecule has 3 rings (SSSR count). The van der Waals surface area contributed by atoms with E-state index >= 15 is 0 Å². The van der Waals surface area contributed by atoms with Crippen LogP contribution in [0.15, 0.2) is 18.2 Å². The van der Waals surface area contributed by atoms with Crippen molar-refractivity contribution in [1.82, 2.24) is 10.2 Å². The number of carbonyl (C=O) groups is 1. The third-order valence-electron chi connectivity index (χ3n) is 3.87. The Morgan fingerprint density at radius 3 is 2.45 bits per heavy atom. The first-order chi connectivity index (χ1) is 10.6. The van der Waals surface area contributed by atoms with Crippen LogP contribution in [-0.4, -0.2) is 56.4 Å². The van der Waals surface area contributed by atoms with Crippen LogP contribution in [0.1, 0.15) is 13.8 Å². The maximum absolute atomic E-state index is 12.0. The molecular weight excluding hydrogens is 282 g/mol. The fraction of sp³-hybridized carbons (Fsp3) is 0.562.